The van der Waals surface area contributed by atoms with Gasteiger partial charge in [0, 0.05) is 78.0 Å². The molecule has 0 atom stereocenters. The van der Waals surface area contributed by atoms with Crippen molar-refractivity contribution in [3.05, 3.63) is 216 Å². The zero-order chi connectivity index (χ0) is 46.5. The summed E-state index contributed by atoms with van der Waals surface area (Å²) in [6, 6.07) is 70.9. The molecule has 0 radical (unpaired) electrons. The quantitative estimate of drug-likeness (QED) is 0.156. The van der Waals surface area contributed by atoms with Gasteiger partial charge in [0.2, 0.25) is 0 Å². The van der Waals surface area contributed by atoms with Crippen molar-refractivity contribution in [1.29, 1.82) is 0 Å². The number of rotatable bonds is 6. The lowest BCUT2D eigenvalue weighted by atomic mass is 10.0. The fraction of sp³-hybridized carbons (Fsp3) is 0.0625. The minimum Gasteiger partial charge on any atom is -0.456 e. The van der Waals surface area contributed by atoms with Gasteiger partial charge in [-0.2, -0.15) is 0 Å². The second kappa shape index (κ2) is 14.3. The first kappa shape index (κ1) is 39.0. The van der Waals surface area contributed by atoms with E-state index in [1.807, 2.05) is 12.1 Å². The van der Waals surface area contributed by atoms with Gasteiger partial charge in [-0.05, 0) is 147 Å². The first-order chi connectivity index (χ1) is 34.3. The molecule has 6 heteroatoms. The van der Waals surface area contributed by atoms with Crippen molar-refractivity contribution in [2.45, 2.75) is 27.7 Å². The Bertz CT molecular complexity index is 4340. The van der Waals surface area contributed by atoms with Crippen LogP contribution in [0.3, 0.4) is 0 Å². The maximum atomic E-state index is 6.56. The molecule has 6 nitrogen and oxygen atoms in total. The monoisotopic (exact) mass is 900 g/mol. The fourth-order valence-corrected chi connectivity index (χ4v) is 12.1. The van der Waals surface area contributed by atoms with E-state index in [0.29, 0.717) is 0 Å². The van der Waals surface area contributed by atoms with Crippen LogP contribution in [-0.2, 0) is 0 Å². The van der Waals surface area contributed by atoms with Gasteiger partial charge >= 0.3 is 0 Å². The number of benzene rings is 10. The van der Waals surface area contributed by atoms with Gasteiger partial charge in [-0.25, -0.2) is 0 Å². The Morgan fingerprint density at radius 1 is 0.300 bits per heavy atom. The highest BCUT2D eigenvalue weighted by Gasteiger charge is 2.29. The van der Waals surface area contributed by atoms with E-state index in [1.54, 1.807) is 0 Å². The normalized spacial score (nSPS) is 12.3. The van der Waals surface area contributed by atoms with E-state index in [0.717, 1.165) is 100 Å². The van der Waals surface area contributed by atoms with Crippen LogP contribution in [0.5, 0.6) is 0 Å². The molecule has 0 bridgehead atoms. The highest BCUT2D eigenvalue weighted by atomic mass is 16.3. The minimum absolute atomic E-state index is 0.864. The largest absolute Gasteiger partial charge is 0.456 e. The van der Waals surface area contributed by atoms with Crippen molar-refractivity contribution in [3.8, 4) is 0 Å². The molecule has 0 aliphatic carbocycles. The highest BCUT2D eigenvalue weighted by Crippen LogP contribution is 2.51. The number of anilines is 6. The van der Waals surface area contributed by atoms with Crippen LogP contribution in [0.2, 0.25) is 0 Å². The molecule has 0 unspecified atom stereocenters. The number of aromatic nitrogens is 2. The van der Waals surface area contributed by atoms with Crippen LogP contribution in [-0.4, -0.2) is 8.80 Å². The van der Waals surface area contributed by atoms with Crippen molar-refractivity contribution in [1.82, 2.24) is 8.80 Å². The number of hydrogen-bond acceptors (Lipinski definition) is 4. The SMILES string of the molecule is Cc1cc(C)cc(N(c2ccc3c(c2)oc2ccccc23)c2ccc3c4c2c2ccccc2n4c2ccc(N(c4cc(C)cc(C)c4)c4ccc5c(c4)oc4ccccc45)c4c5ccccc5n3c42)c1. The Balaban J connectivity index is 1.05. The predicted octanol–water partition coefficient (Wildman–Crippen LogP) is 18.2. The highest BCUT2D eigenvalue weighted by molar-refractivity contribution is 6.27. The second-order valence-electron chi connectivity index (χ2n) is 19.3. The van der Waals surface area contributed by atoms with Crippen molar-refractivity contribution in [3.63, 3.8) is 0 Å². The Kier molecular flexibility index (Phi) is 7.96. The summed E-state index contributed by atoms with van der Waals surface area (Å²) in [4.78, 5) is 4.87. The number of para-hydroxylation sites is 4. The van der Waals surface area contributed by atoms with Crippen LogP contribution >= 0.6 is 0 Å². The molecule has 0 amide bonds. The molecule has 5 aromatic heterocycles. The number of hydrogen-bond donors (Lipinski definition) is 0. The molecule has 0 fully saturated rings. The van der Waals surface area contributed by atoms with E-state index in [9.17, 15) is 0 Å². The molecule has 0 aliphatic heterocycles. The lowest BCUT2D eigenvalue weighted by molar-refractivity contribution is 0.668. The van der Waals surface area contributed by atoms with E-state index in [1.165, 1.54) is 54.8 Å². The van der Waals surface area contributed by atoms with E-state index in [2.05, 4.69) is 228 Å². The van der Waals surface area contributed by atoms with Crippen LogP contribution in [0.25, 0.3) is 98.5 Å². The summed E-state index contributed by atoms with van der Waals surface area (Å²) in [7, 11) is 0. The van der Waals surface area contributed by atoms with E-state index >= 15 is 0 Å². The van der Waals surface area contributed by atoms with Gasteiger partial charge in [0.15, 0.2) is 0 Å². The number of aryl methyl sites for hydroxylation is 4. The van der Waals surface area contributed by atoms with Gasteiger partial charge < -0.3 is 27.4 Å². The lowest BCUT2D eigenvalue weighted by Gasteiger charge is -2.28. The maximum Gasteiger partial charge on any atom is 0.137 e. The molecule has 15 aromatic rings. The minimum atomic E-state index is 0.864. The van der Waals surface area contributed by atoms with Crippen LogP contribution in [0.4, 0.5) is 34.1 Å². The third-order valence-corrected chi connectivity index (χ3v) is 14.7. The van der Waals surface area contributed by atoms with Crippen LogP contribution < -0.4 is 9.80 Å². The number of fused-ring (bicyclic) bond motifs is 14. The van der Waals surface area contributed by atoms with Crippen molar-refractivity contribution >= 4 is 133 Å². The summed E-state index contributed by atoms with van der Waals surface area (Å²) in [5.41, 5.74) is 21.7. The third-order valence-electron chi connectivity index (χ3n) is 14.7. The molecule has 332 valence electrons. The van der Waals surface area contributed by atoms with Gasteiger partial charge in [-0.15, -0.1) is 0 Å². The molecule has 5 heterocycles. The average Bonchev–Trinajstić information content (AvgIpc) is 4.12. The molecule has 0 spiro atoms. The number of furan rings is 2. The Morgan fingerprint density at radius 3 is 1.10 bits per heavy atom. The summed E-state index contributed by atoms with van der Waals surface area (Å²) < 4.78 is 18.2. The van der Waals surface area contributed by atoms with Crippen LogP contribution in [0.15, 0.2) is 203 Å². The Morgan fingerprint density at radius 2 is 0.671 bits per heavy atom. The average molecular weight is 901 g/mol. The van der Waals surface area contributed by atoms with Crippen molar-refractivity contribution in [2.24, 2.45) is 0 Å². The van der Waals surface area contributed by atoms with E-state index in [4.69, 9.17) is 8.83 Å². The third kappa shape index (κ3) is 5.44. The molecule has 0 saturated carbocycles. The van der Waals surface area contributed by atoms with Crippen LogP contribution in [0, 0.1) is 27.7 Å². The molecule has 0 saturated heterocycles. The Labute approximate surface area is 402 Å². The van der Waals surface area contributed by atoms with Crippen molar-refractivity contribution in [2.75, 3.05) is 9.80 Å². The zero-order valence-corrected chi connectivity index (χ0v) is 39.1. The summed E-state index contributed by atoms with van der Waals surface area (Å²) in [6.07, 6.45) is 0. The first-order valence-electron chi connectivity index (χ1n) is 24.1. The Hall–Kier alpha value is -9.00. The summed E-state index contributed by atoms with van der Waals surface area (Å²) in [6.45, 7) is 8.75. The zero-order valence-electron chi connectivity index (χ0n) is 39.1. The van der Waals surface area contributed by atoms with Gasteiger partial charge in [0.25, 0.3) is 0 Å². The summed E-state index contributed by atoms with van der Waals surface area (Å²) in [5.74, 6) is 0. The lowest BCUT2D eigenvalue weighted by Crippen LogP contribution is -2.12. The molecular weight excluding hydrogens is 857 g/mol. The predicted molar refractivity (Wildman–Crippen MR) is 292 cm³/mol. The molecule has 0 aliphatic rings. The number of nitrogens with zero attached hydrogens (tertiary/aromatic N) is 4. The fourth-order valence-electron chi connectivity index (χ4n) is 12.1. The molecule has 70 heavy (non-hydrogen) atoms. The first-order valence-corrected chi connectivity index (χ1v) is 24.1. The molecule has 15 rings (SSSR count). The molecular formula is C64H44N4O2. The van der Waals surface area contributed by atoms with Gasteiger partial charge in [-0.3, -0.25) is 0 Å². The summed E-state index contributed by atoms with van der Waals surface area (Å²) in [5, 5.41) is 9.22. The molecule has 0 N–H and O–H groups in total. The van der Waals surface area contributed by atoms with E-state index in [-0.39, 0.29) is 0 Å². The van der Waals surface area contributed by atoms with E-state index < -0.39 is 0 Å². The standard InChI is InChI=1S/C64H44N4O2/c1-37-29-38(2)32-43(31-37)65(41-21-23-47-45-13-7-11-19-57(45)69-59(47)35-41)53-25-27-55-63-61(53)49-15-5-9-17-51(49)67(63)56-28-26-54(62-50-16-6-10-18-52(50)68(55)64(56)62)66(44-33-39(3)30-40(4)34-44)42-22-24-48-46-14-8-12-20-58(46)70-60(48)36-42/h5-36H,1-4H3. The second-order valence-corrected chi connectivity index (χ2v) is 19.3. The van der Waals surface area contributed by atoms with Crippen molar-refractivity contribution < 1.29 is 8.83 Å². The maximum absolute atomic E-state index is 6.56. The smallest absolute Gasteiger partial charge is 0.137 e. The molecule has 10 aromatic carbocycles. The topological polar surface area (TPSA) is 41.6 Å². The summed E-state index contributed by atoms with van der Waals surface area (Å²) >= 11 is 0. The van der Waals surface area contributed by atoms with Gasteiger partial charge in [0.05, 0.1) is 44.5 Å². The van der Waals surface area contributed by atoms with Crippen LogP contribution in [0.1, 0.15) is 22.3 Å². The van der Waals surface area contributed by atoms with Gasteiger partial charge in [0.1, 0.15) is 22.3 Å². The van der Waals surface area contributed by atoms with Gasteiger partial charge in [-0.1, -0.05) is 84.9 Å².